The summed E-state index contributed by atoms with van der Waals surface area (Å²) >= 11 is 1.68. The van der Waals surface area contributed by atoms with Crippen LogP contribution in [0.5, 0.6) is 0 Å². The fourth-order valence-corrected chi connectivity index (χ4v) is 1.63. The predicted octanol–water partition coefficient (Wildman–Crippen LogP) is 2.46. The van der Waals surface area contributed by atoms with Gasteiger partial charge in [-0.25, -0.2) is 4.98 Å². The van der Waals surface area contributed by atoms with Gasteiger partial charge in [0.2, 0.25) is 0 Å². The molecule has 72 valence electrons. The Morgan fingerprint density at radius 2 is 2.38 bits per heavy atom. The molecule has 0 aromatic carbocycles. The van der Waals surface area contributed by atoms with E-state index in [1.807, 2.05) is 6.92 Å². The summed E-state index contributed by atoms with van der Waals surface area (Å²) in [5, 5.41) is 6.46. The summed E-state index contributed by atoms with van der Waals surface area (Å²) in [5.41, 5.74) is 1.10. The fraction of sp³-hybridized carbons (Fsp3) is 0.500. The molecular formula is C10H16N2S. The van der Waals surface area contributed by atoms with Crippen LogP contribution in [0.3, 0.4) is 0 Å². The molecule has 0 amide bonds. The highest BCUT2D eigenvalue weighted by molar-refractivity contribution is 7.10. The summed E-state index contributed by atoms with van der Waals surface area (Å²) in [7, 11) is 0. The van der Waals surface area contributed by atoms with E-state index in [0.29, 0.717) is 6.04 Å². The number of aryl methyl sites for hydroxylation is 1. The van der Waals surface area contributed by atoms with E-state index in [1.165, 1.54) is 0 Å². The lowest BCUT2D eigenvalue weighted by molar-refractivity contribution is 0.633. The molecule has 1 aromatic heterocycles. The number of nitrogens with zero attached hydrogens (tertiary/aromatic N) is 1. The number of hydrogen-bond donors (Lipinski definition) is 1. The molecule has 13 heavy (non-hydrogen) atoms. The number of nitrogens with one attached hydrogen (secondary N) is 1. The van der Waals surface area contributed by atoms with Crippen molar-refractivity contribution in [1.29, 1.82) is 0 Å². The van der Waals surface area contributed by atoms with Crippen LogP contribution in [0.25, 0.3) is 6.08 Å². The molecule has 1 aromatic rings. The maximum atomic E-state index is 4.33. The van der Waals surface area contributed by atoms with Crippen LogP contribution in [0.4, 0.5) is 0 Å². The van der Waals surface area contributed by atoms with Crippen LogP contribution < -0.4 is 5.32 Å². The van der Waals surface area contributed by atoms with Gasteiger partial charge in [0.15, 0.2) is 0 Å². The summed E-state index contributed by atoms with van der Waals surface area (Å²) in [6.45, 7) is 7.21. The Hall–Kier alpha value is -0.670. The van der Waals surface area contributed by atoms with Gasteiger partial charge in [0.25, 0.3) is 0 Å². The third-order valence-corrected chi connectivity index (χ3v) is 2.47. The smallest absolute Gasteiger partial charge is 0.116 e. The van der Waals surface area contributed by atoms with Crippen LogP contribution in [-0.2, 0) is 0 Å². The average Bonchev–Trinajstić information content (AvgIpc) is 2.45. The lowest BCUT2D eigenvalue weighted by Gasteiger charge is -2.02. The van der Waals surface area contributed by atoms with Gasteiger partial charge in [-0.1, -0.05) is 19.9 Å². The number of rotatable bonds is 4. The Balaban J connectivity index is 2.32. The standard InChI is InChI=1S/C10H16N2S/c1-8(2)11-6-4-5-10-12-9(3)7-13-10/h4-5,7-8,11H,6H2,1-3H3/b5-4+. The van der Waals surface area contributed by atoms with Crippen LogP contribution in [-0.4, -0.2) is 17.6 Å². The first-order chi connectivity index (χ1) is 6.18. The van der Waals surface area contributed by atoms with Crippen molar-refractivity contribution in [2.24, 2.45) is 0 Å². The fourth-order valence-electron chi connectivity index (χ4n) is 0.912. The van der Waals surface area contributed by atoms with Crippen molar-refractivity contribution < 1.29 is 0 Å². The second-order valence-corrected chi connectivity index (χ2v) is 4.18. The molecule has 0 spiro atoms. The van der Waals surface area contributed by atoms with Gasteiger partial charge in [-0.3, -0.25) is 0 Å². The van der Waals surface area contributed by atoms with Crippen molar-refractivity contribution >= 4 is 17.4 Å². The monoisotopic (exact) mass is 196 g/mol. The van der Waals surface area contributed by atoms with Crippen LogP contribution in [0.1, 0.15) is 24.5 Å². The summed E-state index contributed by atoms with van der Waals surface area (Å²) in [4.78, 5) is 4.33. The van der Waals surface area contributed by atoms with Gasteiger partial charge < -0.3 is 5.32 Å². The topological polar surface area (TPSA) is 24.9 Å². The van der Waals surface area contributed by atoms with Crippen molar-refractivity contribution in [1.82, 2.24) is 10.3 Å². The molecule has 1 rings (SSSR count). The molecule has 0 aliphatic heterocycles. The van der Waals surface area contributed by atoms with Gasteiger partial charge in [0.1, 0.15) is 5.01 Å². The first-order valence-corrected chi connectivity index (χ1v) is 5.38. The van der Waals surface area contributed by atoms with E-state index >= 15 is 0 Å². The Morgan fingerprint density at radius 1 is 1.62 bits per heavy atom. The minimum atomic E-state index is 0.544. The SMILES string of the molecule is Cc1csc(/C=C/CNC(C)C)n1. The van der Waals surface area contributed by atoms with Crippen molar-refractivity contribution in [3.8, 4) is 0 Å². The maximum Gasteiger partial charge on any atom is 0.116 e. The summed E-state index contributed by atoms with van der Waals surface area (Å²) in [6, 6.07) is 0.544. The molecule has 0 bridgehead atoms. The Morgan fingerprint density at radius 3 is 2.92 bits per heavy atom. The first kappa shape index (κ1) is 10.4. The molecular weight excluding hydrogens is 180 g/mol. The highest BCUT2D eigenvalue weighted by atomic mass is 32.1. The first-order valence-electron chi connectivity index (χ1n) is 4.50. The lowest BCUT2D eigenvalue weighted by atomic mass is 10.4. The molecule has 0 aliphatic rings. The highest BCUT2D eigenvalue weighted by Crippen LogP contribution is 2.09. The van der Waals surface area contributed by atoms with Crippen molar-refractivity contribution in [3.05, 3.63) is 22.2 Å². The van der Waals surface area contributed by atoms with Gasteiger partial charge in [0, 0.05) is 23.7 Å². The third-order valence-electron chi connectivity index (χ3n) is 1.54. The second-order valence-electron chi connectivity index (χ2n) is 3.29. The van der Waals surface area contributed by atoms with Gasteiger partial charge in [-0.2, -0.15) is 0 Å². The van der Waals surface area contributed by atoms with E-state index in [4.69, 9.17) is 0 Å². The molecule has 0 fully saturated rings. The van der Waals surface area contributed by atoms with E-state index in [1.54, 1.807) is 11.3 Å². The van der Waals surface area contributed by atoms with Gasteiger partial charge in [-0.05, 0) is 13.0 Å². The van der Waals surface area contributed by atoms with Crippen molar-refractivity contribution in [2.75, 3.05) is 6.54 Å². The largest absolute Gasteiger partial charge is 0.311 e. The molecule has 0 atom stereocenters. The zero-order chi connectivity index (χ0) is 9.68. The molecule has 0 saturated carbocycles. The molecule has 0 aliphatic carbocycles. The van der Waals surface area contributed by atoms with E-state index < -0.39 is 0 Å². The molecule has 0 unspecified atom stereocenters. The molecule has 3 heteroatoms. The second kappa shape index (κ2) is 5.14. The van der Waals surface area contributed by atoms with Crippen LogP contribution in [0, 0.1) is 6.92 Å². The van der Waals surface area contributed by atoms with E-state index in [-0.39, 0.29) is 0 Å². The van der Waals surface area contributed by atoms with Crippen molar-refractivity contribution in [2.45, 2.75) is 26.8 Å². The summed E-state index contributed by atoms with van der Waals surface area (Å²) < 4.78 is 0. The summed E-state index contributed by atoms with van der Waals surface area (Å²) in [5.74, 6) is 0. The molecule has 2 nitrogen and oxygen atoms in total. The lowest BCUT2D eigenvalue weighted by Crippen LogP contribution is -2.22. The Kier molecular flexibility index (Phi) is 4.12. The Labute approximate surface area is 83.7 Å². The maximum absolute atomic E-state index is 4.33. The molecule has 1 heterocycles. The minimum Gasteiger partial charge on any atom is -0.311 e. The van der Waals surface area contributed by atoms with Crippen LogP contribution in [0.2, 0.25) is 0 Å². The molecule has 1 N–H and O–H groups in total. The minimum absolute atomic E-state index is 0.544. The van der Waals surface area contributed by atoms with Gasteiger partial charge >= 0.3 is 0 Å². The Bertz CT molecular complexity index is 276. The highest BCUT2D eigenvalue weighted by Gasteiger charge is 1.92. The average molecular weight is 196 g/mol. The number of thiazole rings is 1. The molecule has 0 radical (unpaired) electrons. The summed E-state index contributed by atoms with van der Waals surface area (Å²) in [6.07, 6.45) is 4.17. The van der Waals surface area contributed by atoms with E-state index in [2.05, 4.69) is 41.7 Å². The van der Waals surface area contributed by atoms with E-state index in [0.717, 1.165) is 17.2 Å². The van der Waals surface area contributed by atoms with E-state index in [9.17, 15) is 0 Å². The molecule has 0 saturated heterocycles. The number of hydrogen-bond acceptors (Lipinski definition) is 3. The van der Waals surface area contributed by atoms with Crippen LogP contribution >= 0.6 is 11.3 Å². The zero-order valence-electron chi connectivity index (χ0n) is 8.37. The van der Waals surface area contributed by atoms with Crippen LogP contribution in [0.15, 0.2) is 11.5 Å². The quantitative estimate of drug-likeness (QED) is 0.800. The zero-order valence-corrected chi connectivity index (χ0v) is 9.19. The van der Waals surface area contributed by atoms with Crippen molar-refractivity contribution in [3.63, 3.8) is 0 Å². The third kappa shape index (κ3) is 4.20. The normalized spacial score (nSPS) is 11.7. The number of aromatic nitrogens is 1. The predicted molar refractivity (Wildman–Crippen MR) is 59.0 cm³/mol. The van der Waals surface area contributed by atoms with Gasteiger partial charge in [0.05, 0.1) is 0 Å². The van der Waals surface area contributed by atoms with Gasteiger partial charge in [-0.15, -0.1) is 11.3 Å².